The van der Waals surface area contributed by atoms with Gasteiger partial charge in [-0.1, -0.05) is 98.5 Å². The van der Waals surface area contributed by atoms with Crippen molar-refractivity contribution in [2.45, 2.75) is 182 Å². The van der Waals surface area contributed by atoms with Crippen molar-refractivity contribution in [2.75, 3.05) is 13.7 Å². The molecule has 64 heavy (non-hydrogen) atoms. The lowest BCUT2D eigenvalue weighted by molar-refractivity contribution is -0.143. The summed E-state index contributed by atoms with van der Waals surface area (Å²) >= 11 is 0. The molecule has 3 aliphatic rings. The fourth-order valence-electron chi connectivity index (χ4n) is 10.7. The molecule has 0 saturated carbocycles. The second kappa shape index (κ2) is 21.4. The van der Waals surface area contributed by atoms with Crippen molar-refractivity contribution in [3.63, 3.8) is 0 Å². The monoisotopic (exact) mass is 877 g/mol. The van der Waals surface area contributed by atoms with Crippen molar-refractivity contribution in [1.82, 2.24) is 19.9 Å². The number of fused-ring (bicyclic) bond motifs is 8. The van der Waals surface area contributed by atoms with Crippen LogP contribution in [0.15, 0.2) is 29.8 Å². The standard InChI is InChI=1S/C54H76N4O6/c1-12-14-15-18-30(3)19-16-20-31(4)21-17-22-32(5)25-26-64-46(60)24-23-39-34(7)41-27-42-35(8)47(37(10)59)45(56-42)29-40-33(6)38(13-2)44(55-40)28-43-36(9)48-52(58-43)49(51(39)57-41)50(53(48)61)54(62)63-11/h25,27-31,33-34,38-39,50,56,58-59,61H,12-24,26H2,1-11H3/b32-25+,41-27?,44-28?,45-29?,47-37?/t30-,31-,33-,34+,38-,39+,50-/m1/s1. The lowest BCUT2D eigenvalue weighted by Gasteiger charge is -2.19. The van der Waals surface area contributed by atoms with Crippen molar-refractivity contribution in [3.8, 4) is 0 Å². The van der Waals surface area contributed by atoms with Gasteiger partial charge in [0, 0.05) is 74.2 Å². The number of allylic oxidation sites excluding steroid dienone is 1. The highest BCUT2D eigenvalue weighted by Crippen LogP contribution is 2.46. The van der Waals surface area contributed by atoms with Crippen LogP contribution in [0.1, 0.15) is 208 Å². The molecule has 0 aromatic carbocycles. The second-order valence-corrected chi connectivity index (χ2v) is 19.5. The number of nitrogens with one attached hydrogen (secondary N) is 2. The van der Waals surface area contributed by atoms with Crippen molar-refractivity contribution in [1.29, 1.82) is 0 Å². The number of aromatic amines is 2. The largest absolute Gasteiger partial charge is 0.512 e. The summed E-state index contributed by atoms with van der Waals surface area (Å²) in [5.41, 5.74) is 9.72. The number of H-pyrrole nitrogens is 2. The van der Waals surface area contributed by atoms with E-state index in [9.17, 15) is 19.8 Å². The summed E-state index contributed by atoms with van der Waals surface area (Å²) < 4.78 is 11.1. The van der Waals surface area contributed by atoms with Crippen molar-refractivity contribution in [2.24, 2.45) is 11.8 Å². The summed E-state index contributed by atoms with van der Waals surface area (Å²) in [7, 11) is 1.33. The van der Waals surface area contributed by atoms with Crippen LogP contribution < -0.4 is 10.4 Å². The van der Waals surface area contributed by atoms with Crippen LogP contribution in [-0.2, 0) is 19.1 Å². The molecule has 0 amide bonds. The Morgan fingerprint density at radius 2 is 1.44 bits per heavy atom. The topological polar surface area (TPSA) is 150 Å². The smallest absolute Gasteiger partial charge is 0.321 e. The maximum Gasteiger partial charge on any atom is 0.321 e. The van der Waals surface area contributed by atoms with Crippen molar-refractivity contribution < 1.29 is 29.3 Å². The summed E-state index contributed by atoms with van der Waals surface area (Å²) in [4.78, 5) is 44.7. The molecule has 3 aromatic rings. The van der Waals surface area contributed by atoms with Crippen LogP contribution in [0.4, 0.5) is 0 Å². The predicted octanol–water partition coefficient (Wildman–Crippen LogP) is 12.2. The van der Waals surface area contributed by atoms with Crippen molar-refractivity contribution in [3.05, 3.63) is 79.8 Å². The van der Waals surface area contributed by atoms with E-state index in [1.54, 1.807) is 6.92 Å². The number of nitrogens with zero attached hydrogens (tertiary/aromatic N) is 2. The van der Waals surface area contributed by atoms with E-state index < -0.39 is 11.9 Å². The molecule has 8 bridgehead atoms. The first-order chi connectivity index (χ1) is 30.6. The lowest BCUT2D eigenvalue weighted by atomic mass is 9.84. The Hall–Kier alpha value is -4.86. The molecule has 10 heteroatoms. The Kier molecular flexibility index (Phi) is 16.3. The number of methoxy groups -OCH3 is 1. The van der Waals surface area contributed by atoms with Gasteiger partial charge >= 0.3 is 11.9 Å². The molecule has 7 atom stereocenters. The molecule has 0 saturated heterocycles. The SMILES string of the molecule is CCCCC[C@@H](C)CCC[C@@H](C)CCC/C(C)=C/COC(=O)CC[C@@H]1c2nc(cc3[nH]c(cc4nc(cc5[nH]c6c2[C@@H](C(=O)OC)C(O)=c6c5C)[C@H](CC)[C@H]4C)c(=C(C)O)c3C)[C@H]1C. The highest BCUT2D eigenvalue weighted by molar-refractivity contribution is 5.96. The molecular formula is C54H76N4O6. The number of aromatic nitrogens is 4. The van der Waals surface area contributed by atoms with Crippen LogP contribution in [0, 0.1) is 25.7 Å². The molecule has 0 unspecified atom stereocenters. The minimum Gasteiger partial charge on any atom is -0.512 e. The number of rotatable bonds is 19. The zero-order valence-electron chi connectivity index (χ0n) is 40.7. The van der Waals surface area contributed by atoms with Gasteiger partial charge in [0.2, 0.25) is 0 Å². The fourth-order valence-corrected chi connectivity index (χ4v) is 10.7. The summed E-state index contributed by atoms with van der Waals surface area (Å²) in [5, 5.41) is 24.2. The highest BCUT2D eigenvalue weighted by atomic mass is 16.5. The maximum absolute atomic E-state index is 13.7. The average molecular weight is 877 g/mol. The Morgan fingerprint density at radius 3 is 2.11 bits per heavy atom. The van der Waals surface area contributed by atoms with E-state index in [1.807, 2.05) is 26.0 Å². The van der Waals surface area contributed by atoms with E-state index in [1.165, 1.54) is 64.0 Å². The van der Waals surface area contributed by atoms with Gasteiger partial charge in [0.15, 0.2) is 0 Å². The van der Waals surface area contributed by atoms with Crippen LogP contribution >= 0.6 is 0 Å². The Bertz CT molecular complexity index is 2510. The van der Waals surface area contributed by atoms with Gasteiger partial charge in [-0.3, -0.25) is 19.6 Å². The third-order valence-corrected chi connectivity index (χ3v) is 14.8. The van der Waals surface area contributed by atoms with Crippen LogP contribution in [0.5, 0.6) is 0 Å². The van der Waals surface area contributed by atoms with E-state index in [0.29, 0.717) is 28.4 Å². The fraction of sp³-hybridized carbons (Fsp3) is 0.593. The van der Waals surface area contributed by atoms with Crippen LogP contribution in [0.3, 0.4) is 0 Å². The van der Waals surface area contributed by atoms with Crippen molar-refractivity contribution >= 4 is 45.5 Å². The summed E-state index contributed by atoms with van der Waals surface area (Å²) in [6.07, 6.45) is 16.1. The first kappa shape index (κ1) is 48.6. The van der Waals surface area contributed by atoms with Gasteiger partial charge in [0.05, 0.1) is 29.6 Å². The first-order valence-electron chi connectivity index (χ1n) is 24.4. The molecule has 3 aromatic heterocycles. The van der Waals surface area contributed by atoms with E-state index >= 15 is 0 Å². The number of hydrogen-bond donors (Lipinski definition) is 4. The minimum atomic E-state index is -1.09. The van der Waals surface area contributed by atoms with Gasteiger partial charge in [-0.15, -0.1) is 0 Å². The lowest BCUT2D eigenvalue weighted by Crippen LogP contribution is -2.18. The van der Waals surface area contributed by atoms with Gasteiger partial charge in [-0.2, -0.15) is 0 Å². The molecule has 5 heterocycles. The van der Waals surface area contributed by atoms with Gasteiger partial charge in [-0.25, -0.2) is 0 Å². The minimum absolute atomic E-state index is 0.0745. The molecule has 10 nitrogen and oxygen atoms in total. The Morgan fingerprint density at radius 1 is 0.812 bits per heavy atom. The van der Waals surface area contributed by atoms with E-state index in [2.05, 4.69) is 70.6 Å². The number of carbonyl (C=O) groups excluding carboxylic acids is 2. The Balaban J connectivity index is 1.28. The zero-order valence-corrected chi connectivity index (χ0v) is 40.7. The quantitative estimate of drug-likeness (QED) is 0.0528. The number of ether oxygens (including phenoxy) is 2. The number of aliphatic hydroxyl groups is 2. The molecule has 2 aliphatic heterocycles. The second-order valence-electron chi connectivity index (χ2n) is 19.5. The van der Waals surface area contributed by atoms with Gasteiger partial charge in [0.25, 0.3) is 0 Å². The third kappa shape index (κ3) is 10.5. The summed E-state index contributed by atoms with van der Waals surface area (Å²) in [6, 6.07) is 6.12. The van der Waals surface area contributed by atoms with E-state index in [4.69, 9.17) is 19.4 Å². The van der Waals surface area contributed by atoms with Gasteiger partial charge in [-0.05, 0) is 101 Å². The number of hydrogen-bond acceptors (Lipinski definition) is 8. The molecule has 348 valence electrons. The van der Waals surface area contributed by atoms with E-state index in [0.717, 1.165) is 81.1 Å². The molecular weight excluding hydrogens is 801 g/mol. The molecule has 6 rings (SSSR count). The van der Waals surface area contributed by atoms with Crippen LogP contribution in [-0.4, -0.2) is 55.8 Å². The number of aliphatic hydroxyl groups excluding tert-OH is 2. The Labute approximate surface area is 381 Å². The normalized spacial score (nSPS) is 21.0. The third-order valence-electron chi connectivity index (χ3n) is 14.8. The predicted molar refractivity (Wildman–Crippen MR) is 259 cm³/mol. The molecule has 4 N–H and O–H groups in total. The number of unbranched alkanes of at least 4 members (excludes halogenated alkanes) is 2. The average Bonchev–Trinajstić information content (AvgIpc) is 4.00. The number of esters is 2. The maximum atomic E-state index is 13.7. The molecule has 1 aliphatic carbocycles. The van der Waals surface area contributed by atoms with Gasteiger partial charge < -0.3 is 29.7 Å². The molecule has 0 radical (unpaired) electrons. The molecule has 0 fully saturated rings. The number of carbonyl (C=O) groups is 2. The zero-order chi connectivity index (χ0) is 46.4. The highest BCUT2D eigenvalue weighted by Gasteiger charge is 2.42. The van der Waals surface area contributed by atoms with E-state index in [-0.39, 0.29) is 54.2 Å². The number of aryl methyl sites for hydroxylation is 2. The first-order valence-corrected chi connectivity index (χ1v) is 24.4. The van der Waals surface area contributed by atoms with Gasteiger partial charge in [0.1, 0.15) is 18.3 Å². The van der Waals surface area contributed by atoms with Crippen LogP contribution in [0.25, 0.3) is 33.6 Å². The van der Waals surface area contributed by atoms with Crippen LogP contribution in [0.2, 0.25) is 0 Å². The molecule has 0 spiro atoms. The summed E-state index contributed by atoms with van der Waals surface area (Å²) in [5.74, 6) is -0.473. The summed E-state index contributed by atoms with van der Waals surface area (Å²) in [6.45, 7) is 21.5.